The van der Waals surface area contributed by atoms with Crippen molar-refractivity contribution in [3.63, 3.8) is 0 Å². The summed E-state index contributed by atoms with van der Waals surface area (Å²) >= 11 is 0. The van der Waals surface area contributed by atoms with Crippen LogP contribution in [0.2, 0.25) is 0 Å². The third kappa shape index (κ3) is 3.61. The summed E-state index contributed by atoms with van der Waals surface area (Å²) in [4.78, 5) is 0. The summed E-state index contributed by atoms with van der Waals surface area (Å²) in [5.41, 5.74) is 5.61. The molecule has 0 radical (unpaired) electrons. The maximum atomic E-state index is 10.5. The maximum Gasteiger partial charge on any atom is 0.0843 e. The molecule has 3 rings (SSSR count). The second-order valence-corrected chi connectivity index (χ2v) is 8.05. The molecule has 0 saturated heterocycles. The molecule has 0 unspecified atom stereocenters. The average molecular weight is 314 g/mol. The smallest absolute Gasteiger partial charge is 0.0843 e. The third-order valence-electron chi connectivity index (χ3n) is 4.79. The van der Waals surface area contributed by atoms with E-state index in [4.69, 9.17) is 0 Å². The highest BCUT2D eigenvalue weighted by Crippen LogP contribution is 2.33. The molecular formula is C20H30N2O. The number of aliphatic hydroxyl groups excluding tert-OH is 1. The van der Waals surface area contributed by atoms with Gasteiger partial charge in [0.25, 0.3) is 0 Å². The Balaban J connectivity index is 1.91. The van der Waals surface area contributed by atoms with Crippen LogP contribution in [0.25, 0.3) is 10.9 Å². The summed E-state index contributed by atoms with van der Waals surface area (Å²) < 4.78 is 2.37. The highest BCUT2D eigenvalue weighted by atomic mass is 16.3. The number of β-amino-alcohol motifs (C(OH)–C–C–N with tert-alkyl or cyclic N) is 1. The molecular weight excluding hydrogens is 284 g/mol. The van der Waals surface area contributed by atoms with Crippen LogP contribution in [-0.2, 0) is 19.4 Å². The van der Waals surface area contributed by atoms with Crippen LogP contribution in [0.3, 0.4) is 0 Å². The molecule has 0 saturated carbocycles. The number of aliphatic hydroxyl groups is 1. The van der Waals surface area contributed by atoms with Gasteiger partial charge in [0, 0.05) is 28.7 Å². The topological polar surface area (TPSA) is 37.2 Å². The Kier molecular flexibility index (Phi) is 4.52. The Morgan fingerprint density at radius 2 is 1.96 bits per heavy atom. The van der Waals surface area contributed by atoms with E-state index in [-0.39, 0.29) is 11.6 Å². The zero-order valence-electron chi connectivity index (χ0n) is 14.9. The largest absolute Gasteiger partial charge is 0.390 e. The Bertz CT molecular complexity index is 694. The van der Waals surface area contributed by atoms with Gasteiger partial charge in [0.15, 0.2) is 0 Å². The number of nitrogens with one attached hydrogen (secondary N) is 1. The van der Waals surface area contributed by atoms with Gasteiger partial charge in [-0.1, -0.05) is 11.6 Å². The summed E-state index contributed by atoms with van der Waals surface area (Å²) in [5, 5.41) is 15.3. The molecule has 126 valence electrons. The van der Waals surface area contributed by atoms with E-state index in [2.05, 4.69) is 55.8 Å². The fourth-order valence-electron chi connectivity index (χ4n) is 3.66. The fourth-order valence-corrected chi connectivity index (χ4v) is 3.66. The van der Waals surface area contributed by atoms with Gasteiger partial charge in [-0.15, -0.1) is 0 Å². The molecule has 2 aromatic rings. The number of hydrogen-bond donors (Lipinski definition) is 2. The average Bonchev–Trinajstić information content (AvgIpc) is 2.79. The molecule has 0 amide bonds. The van der Waals surface area contributed by atoms with Gasteiger partial charge in [0.2, 0.25) is 0 Å². The minimum Gasteiger partial charge on any atom is -0.390 e. The second kappa shape index (κ2) is 6.29. The summed E-state index contributed by atoms with van der Waals surface area (Å²) in [6.45, 7) is 9.87. The van der Waals surface area contributed by atoms with Crippen LogP contribution in [0.4, 0.5) is 0 Å². The number of nitrogens with zero attached hydrogens (tertiary/aromatic N) is 1. The Hall–Kier alpha value is -1.32. The van der Waals surface area contributed by atoms with Crippen LogP contribution in [0, 0.1) is 6.92 Å². The first-order valence-electron chi connectivity index (χ1n) is 8.89. The molecule has 0 fully saturated rings. The van der Waals surface area contributed by atoms with Gasteiger partial charge < -0.3 is 15.0 Å². The number of benzene rings is 1. The van der Waals surface area contributed by atoms with Crippen molar-refractivity contribution in [3.8, 4) is 0 Å². The highest BCUT2D eigenvalue weighted by molar-refractivity contribution is 5.86. The van der Waals surface area contributed by atoms with Gasteiger partial charge in [0.1, 0.15) is 0 Å². The van der Waals surface area contributed by atoms with Crippen molar-refractivity contribution >= 4 is 10.9 Å². The Morgan fingerprint density at radius 3 is 2.70 bits per heavy atom. The van der Waals surface area contributed by atoms with Crippen molar-refractivity contribution in [2.45, 2.75) is 71.6 Å². The molecule has 1 aliphatic rings. The van der Waals surface area contributed by atoms with E-state index >= 15 is 0 Å². The zero-order valence-corrected chi connectivity index (χ0v) is 14.9. The SMILES string of the molecule is Cc1ccc2c(c1)c1c(n2C[C@H](O)CNC(C)(C)C)CCCC1. The number of aromatic nitrogens is 1. The van der Waals surface area contributed by atoms with Gasteiger partial charge in [-0.3, -0.25) is 0 Å². The van der Waals surface area contributed by atoms with Gasteiger partial charge in [-0.05, 0) is 71.1 Å². The van der Waals surface area contributed by atoms with Crippen molar-refractivity contribution in [1.29, 1.82) is 0 Å². The predicted molar refractivity (Wildman–Crippen MR) is 97.1 cm³/mol. The number of hydrogen-bond acceptors (Lipinski definition) is 2. The molecule has 0 spiro atoms. The predicted octanol–water partition coefficient (Wildman–Crippen LogP) is 3.58. The van der Waals surface area contributed by atoms with Crippen molar-refractivity contribution in [3.05, 3.63) is 35.0 Å². The third-order valence-corrected chi connectivity index (χ3v) is 4.79. The lowest BCUT2D eigenvalue weighted by molar-refractivity contribution is 0.142. The standard InChI is InChI=1S/C20H30N2O/c1-14-9-10-19-17(11-14)16-7-5-6-8-18(16)22(19)13-15(23)12-21-20(2,3)4/h9-11,15,21,23H,5-8,12-13H2,1-4H3/t15-/m1/s1. The van der Waals surface area contributed by atoms with Gasteiger partial charge >= 0.3 is 0 Å². The minimum absolute atomic E-state index is 0.0380. The first kappa shape index (κ1) is 16.5. The van der Waals surface area contributed by atoms with E-state index in [9.17, 15) is 5.11 Å². The van der Waals surface area contributed by atoms with E-state index in [1.807, 2.05) is 0 Å². The van der Waals surface area contributed by atoms with E-state index in [1.165, 1.54) is 47.0 Å². The molecule has 0 bridgehead atoms. The van der Waals surface area contributed by atoms with Crippen molar-refractivity contribution in [2.24, 2.45) is 0 Å². The van der Waals surface area contributed by atoms with Gasteiger partial charge in [-0.25, -0.2) is 0 Å². The van der Waals surface area contributed by atoms with Gasteiger partial charge in [-0.2, -0.15) is 0 Å². The molecule has 1 atom stereocenters. The zero-order chi connectivity index (χ0) is 16.6. The molecule has 1 heterocycles. The summed E-state index contributed by atoms with van der Waals surface area (Å²) in [7, 11) is 0. The first-order chi connectivity index (χ1) is 10.8. The summed E-state index contributed by atoms with van der Waals surface area (Å²) in [5.74, 6) is 0. The van der Waals surface area contributed by atoms with E-state index in [0.717, 1.165) is 6.42 Å². The number of rotatable bonds is 4. The van der Waals surface area contributed by atoms with E-state index in [1.54, 1.807) is 0 Å². The highest BCUT2D eigenvalue weighted by Gasteiger charge is 2.22. The van der Waals surface area contributed by atoms with Crippen LogP contribution in [-0.4, -0.2) is 27.9 Å². The van der Waals surface area contributed by atoms with Crippen LogP contribution in [0.1, 0.15) is 50.4 Å². The number of fused-ring (bicyclic) bond motifs is 3. The molecule has 23 heavy (non-hydrogen) atoms. The fraction of sp³-hybridized carbons (Fsp3) is 0.600. The lowest BCUT2D eigenvalue weighted by Gasteiger charge is -2.24. The molecule has 3 heteroatoms. The van der Waals surface area contributed by atoms with Crippen molar-refractivity contribution in [1.82, 2.24) is 9.88 Å². The van der Waals surface area contributed by atoms with Crippen LogP contribution in [0.5, 0.6) is 0 Å². The quantitative estimate of drug-likeness (QED) is 0.905. The van der Waals surface area contributed by atoms with Crippen LogP contribution >= 0.6 is 0 Å². The minimum atomic E-state index is -0.364. The lowest BCUT2D eigenvalue weighted by atomic mass is 9.95. The van der Waals surface area contributed by atoms with Crippen LogP contribution < -0.4 is 5.32 Å². The van der Waals surface area contributed by atoms with Crippen molar-refractivity contribution < 1.29 is 5.11 Å². The second-order valence-electron chi connectivity index (χ2n) is 8.05. The normalized spacial score (nSPS) is 16.6. The molecule has 0 aliphatic heterocycles. The van der Waals surface area contributed by atoms with E-state index in [0.29, 0.717) is 13.1 Å². The molecule has 1 aliphatic carbocycles. The lowest BCUT2D eigenvalue weighted by Crippen LogP contribution is -2.42. The molecule has 1 aromatic carbocycles. The molecule has 1 aromatic heterocycles. The van der Waals surface area contributed by atoms with Crippen LogP contribution in [0.15, 0.2) is 18.2 Å². The Labute approximate surface area is 139 Å². The summed E-state index contributed by atoms with van der Waals surface area (Å²) in [6, 6.07) is 6.73. The van der Waals surface area contributed by atoms with Crippen molar-refractivity contribution in [2.75, 3.05) is 6.54 Å². The van der Waals surface area contributed by atoms with Gasteiger partial charge in [0.05, 0.1) is 12.6 Å². The molecule has 2 N–H and O–H groups in total. The first-order valence-corrected chi connectivity index (χ1v) is 8.89. The van der Waals surface area contributed by atoms with E-state index < -0.39 is 0 Å². The Morgan fingerprint density at radius 1 is 1.22 bits per heavy atom. The monoisotopic (exact) mass is 314 g/mol. The molecule has 3 nitrogen and oxygen atoms in total. The summed E-state index contributed by atoms with van der Waals surface area (Å²) in [6.07, 6.45) is 4.51. The maximum absolute atomic E-state index is 10.5. The number of aryl methyl sites for hydroxylation is 2.